The van der Waals surface area contributed by atoms with Crippen molar-refractivity contribution >= 4 is 9.84 Å². The van der Waals surface area contributed by atoms with Crippen molar-refractivity contribution < 1.29 is 17.9 Å². The molecule has 0 spiro atoms. The Kier molecular flexibility index (Phi) is 2.27. The van der Waals surface area contributed by atoms with E-state index in [0.717, 1.165) is 5.56 Å². The lowest BCUT2D eigenvalue weighted by Crippen LogP contribution is -2.18. The molecule has 16 heavy (non-hydrogen) atoms. The van der Waals surface area contributed by atoms with Gasteiger partial charge in [-0.05, 0) is 0 Å². The van der Waals surface area contributed by atoms with Crippen molar-refractivity contribution in [3.8, 4) is 0 Å². The zero-order valence-electron chi connectivity index (χ0n) is 8.57. The lowest BCUT2D eigenvalue weighted by Gasteiger charge is -2.11. The fourth-order valence-electron chi connectivity index (χ4n) is 2.15. The highest BCUT2D eigenvalue weighted by Crippen LogP contribution is 2.35. The number of rotatable bonds is 1. The SMILES string of the molecule is O=S1(=O)C[C@@H]2OC(c3ccccc3)O[C@@H]2C1. The summed E-state index contributed by atoms with van der Waals surface area (Å²) in [4.78, 5) is 0. The van der Waals surface area contributed by atoms with E-state index in [4.69, 9.17) is 9.47 Å². The number of ether oxygens (including phenoxy) is 2. The van der Waals surface area contributed by atoms with Crippen LogP contribution in [0.2, 0.25) is 0 Å². The lowest BCUT2D eigenvalue weighted by atomic mass is 10.2. The van der Waals surface area contributed by atoms with Crippen LogP contribution in [0.25, 0.3) is 0 Å². The van der Waals surface area contributed by atoms with Crippen LogP contribution in [-0.2, 0) is 19.3 Å². The van der Waals surface area contributed by atoms with Crippen LogP contribution in [0.3, 0.4) is 0 Å². The summed E-state index contributed by atoms with van der Waals surface area (Å²) in [7, 11) is -2.96. The Balaban J connectivity index is 1.78. The van der Waals surface area contributed by atoms with Crippen LogP contribution in [0.15, 0.2) is 30.3 Å². The molecule has 2 aliphatic heterocycles. The van der Waals surface area contributed by atoms with Gasteiger partial charge in [-0.25, -0.2) is 8.42 Å². The molecule has 0 radical (unpaired) electrons. The predicted molar refractivity (Wildman–Crippen MR) is 57.6 cm³/mol. The summed E-state index contributed by atoms with van der Waals surface area (Å²) < 4.78 is 33.9. The quantitative estimate of drug-likeness (QED) is 0.731. The number of sulfone groups is 1. The average Bonchev–Trinajstić information content (AvgIpc) is 2.72. The van der Waals surface area contributed by atoms with Crippen LogP contribution in [0, 0.1) is 0 Å². The van der Waals surface area contributed by atoms with Gasteiger partial charge >= 0.3 is 0 Å². The van der Waals surface area contributed by atoms with Crippen LogP contribution >= 0.6 is 0 Å². The number of benzene rings is 1. The number of hydrogen-bond donors (Lipinski definition) is 0. The second-order valence-corrected chi connectivity index (χ2v) is 6.32. The molecule has 0 N–H and O–H groups in total. The molecule has 0 aliphatic carbocycles. The monoisotopic (exact) mass is 240 g/mol. The maximum Gasteiger partial charge on any atom is 0.184 e. The van der Waals surface area contributed by atoms with Crippen molar-refractivity contribution in [1.82, 2.24) is 0 Å². The van der Waals surface area contributed by atoms with Gasteiger partial charge in [-0.15, -0.1) is 0 Å². The summed E-state index contributed by atoms with van der Waals surface area (Å²) in [5, 5.41) is 0. The first-order valence-electron chi connectivity index (χ1n) is 5.20. The molecular formula is C11H12O4S. The Morgan fingerprint density at radius 3 is 2.12 bits per heavy atom. The van der Waals surface area contributed by atoms with Gasteiger partial charge in [-0.1, -0.05) is 30.3 Å². The van der Waals surface area contributed by atoms with E-state index >= 15 is 0 Å². The Morgan fingerprint density at radius 1 is 1.00 bits per heavy atom. The van der Waals surface area contributed by atoms with Crippen molar-refractivity contribution in [2.45, 2.75) is 18.5 Å². The Hall–Kier alpha value is -0.910. The first-order valence-corrected chi connectivity index (χ1v) is 7.02. The van der Waals surface area contributed by atoms with E-state index in [1.165, 1.54) is 0 Å². The van der Waals surface area contributed by atoms with E-state index in [-0.39, 0.29) is 23.7 Å². The zero-order valence-corrected chi connectivity index (χ0v) is 9.39. The summed E-state index contributed by atoms with van der Waals surface area (Å²) in [6.07, 6.45) is -1.00. The fraction of sp³-hybridized carbons (Fsp3) is 0.455. The largest absolute Gasteiger partial charge is 0.341 e. The predicted octanol–water partition coefficient (Wildman–Crippen LogP) is 0.898. The van der Waals surface area contributed by atoms with Gasteiger partial charge in [0.05, 0.1) is 11.5 Å². The van der Waals surface area contributed by atoms with Gasteiger partial charge in [0.15, 0.2) is 16.1 Å². The molecule has 1 aromatic carbocycles. The van der Waals surface area contributed by atoms with E-state index < -0.39 is 16.1 Å². The van der Waals surface area contributed by atoms with E-state index in [9.17, 15) is 8.42 Å². The van der Waals surface area contributed by atoms with Gasteiger partial charge in [-0.3, -0.25) is 0 Å². The first kappa shape index (κ1) is 10.3. The van der Waals surface area contributed by atoms with E-state index in [1.54, 1.807) is 0 Å². The van der Waals surface area contributed by atoms with Crippen molar-refractivity contribution in [3.05, 3.63) is 35.9 Å². The number of fused-ring (bicyclic) bond motifs is 1. The third-order valence-electron chi connectivity index (χ3n) is 2.92. The summed E-state index contributed by atoms with van der Waals surface area (Å²) in [5.74, 6) is 0.169. The number of hydrogen-bond acceptors (Lipinski definition) is 4. The third kappa shape index (κ3) is 1.75. The zero-order chi connectivity index (χ0) is 11.2. The van der Waals surface area contributed by atoms with Crippen molar-refractivity contribution in [3.63, 3.8) is 0 Å². The van der Waals surface area contributed by atoms with Crippen molar-refractivity contribution in [2.75, 3.05) is 11.5 Å². The molecule has 86 valence electrons. The standard InChI is InChI=1S/C11H12O4S/c12-16(13)6-9-10(7-16)15-11(14-9)8-4-2-1-3-5-8/h1-5,9-11H,6-7H2/t9-,10+,11?. The minimum absolute atomic E-state index is 0.0843. The highest BCUT2D eigenvalue weighted by Gasteiger charge is 2.46. The molecule has 3 rings (SSSR count). The van der Waals surface area contributed by atoms with Gasteiger partial charge in [0.2, 0.25) is 0 Å². The Labute approximate surface area is 94.1 Å². The van der Waals surface area contributed by atoms with Gasteiger partial charge in [-0.2, -0.15) is 0 Å². The molecule has 0 amide bonds. The topological polar surface area (TPSA) is 52.6 Å². The molecule has 2 fully saturated rings. The van der Waals surface area contributed by atoms with E-state index in [2.05, 4.69) is 0 Å². The normalized spacial score (nSPS) is 36.1. The maximum absolute atomic E-state index is 11.3. The van der Waals surface area contributed by atoms with Crippen LogP contribution < -0.4 is 0 Å². The van der Waals surface area contributed by atoms with Crippen molar-refractivity contribution in [1.29, 1.82) is 0 Å². The molecular weight excluding hydrogens is 228 g/mol. The molecule has 2 saturated heterocycles. The smallest absolute Gasteiger partial charge is 0.184 e. The first-order chi connectivity index (χ1) is 7.64. The van der Waals surface area contributed by atoms with Gasteiger partial charge < -0.3 is 9.47 Å². The fourth-order valence-corrected chi connectivity index (χ4v) is 3.88. The molecule has 0 aromatic heterocycles. The Bertz CT molecular complexity index is 462. The second kappa shape index (κ2) is 3.55. The second-order valence-electron chi connectivity index (χ2n) is 4.17. The van der Waals surface area contributed by atoms with E-state index in [0.29, 0.717) is 0 Å². The molecule has 2 heterocycles. The van der Waals surface area contributed by atoms with Gasteiger partial charge in [0.25, 0.3) is 0 Å². The Morgan fingerprint density at radius 2 is 1.56 bits per heavy atom. The van der Waals surface area contributed by atoms with Crippen LogP contribution in [0.5, 0.6) is 0 Å². The molecule has 0 bridgehead atoms. The van der Waals surface area contributed by atoms with Crippen molar-refractivity contribution in [2.24, 2.45) is 0 Å². The third-order valence-corrected chi connectivity index (χ3v) is 4.59. The molecule has 2 aliphatic rings. The summed E-state index contributed by atoms with van der Waals surface area (Å²) in [6, 6.07) is 9.57. The molecule has 3 atom stereocenters. The van der Waals surface area contributed by atoms with Crippen LogP contribution in [0.4, 0.5) is 0 Å². The summed E-state index contributed by atoms with van der Waals surface area (Å²) >= 11 is 0. The maximum atomic E-state index is 11.3. The molecule has 1 unspecified atom stereocenters. The van der Waals surface area contributed by atoms with Gasteiger partial charge in [0.1, 0.15) is 12.2 Å². The molecule has 4 nitrogen and oxygen atoms in total. The molecule has 0 saturated carbocycles. The van der Waals surface area contributed by atoms with E-state index in [1.807, 2.05) is 30.3 Å². The highest BCUT2D eigenvalue weighted by molar-refractivity contribution is 7.91. The summed E-state index contributed by atoms with van der Waals surface area (Å²) in [5.41, 5.74) is 0.939. The van der Waals surface area contributed by atoms with Gasteiger partial charge in [0, 0.05) is 5.56 Å². The minimum Gasteiger partial charge on any atom is -0.341 e. The lowest BCUT2D eigenvalue weighted by molar-refractivity contribution is -0.0658. The van der Waals surface area contributed by atoms with Crippen LogP contribution in [0.1, 0.15) is 11.9 Å². The molecule has 5 heteroatoms. The molecule has 1 aromatic rings. The van der Waals surface area contributed by atoms with Crippen LogP contribution in [-0.4, -0.2) is 32.1 Å². The highest BCUT2D eigenvalue weighted by atomic mass is 32.2. The summed E-state index contributed by atoms with van der Waals surface area (Å²) in [6.45, 7) is 0. The minimum atomic E-state index is -2.96. The average molecular weight is 240 g/mol.